The molecule has 0 aliphatic rings. The number of thiazole rings is 1. The van der Waals surface area contributed by atoms with Crippen LogP contribution in [0.3, 0.4) is 0 Å². The van der Waals surface area contributed by atoms with E-state index in [-0.39, 0.29) is 0 Å². The zero-order valence-electron chi connectivity index (χ0n) is 11.4. The van der Waals surface area contributed by atoms with E-state index in [2.05, 4.69) is 46.5 Å². The zero-order valence-corrected chi connectivity index (χ0v) is 12.2. The van der Waals surface area contributed by atoms with E-state index in [0.29, 0.717) is 5.92 Å². The first-order chi connectivity index (χ1) is 9.83. The molecular formula is C16H17N3S. The van der Waals surface area contributed by atoms with Gasteiger partial charge < -0.3 is 5.32 Å². The highest BCUT2D eigenvalue weighted by Gasteiger charge is 2.07. The third-order valence-electron chi connectivity index (χ3n) is 3.32. The third kappa shape index (κ3) is 3.03. The summed E-state index contributed by atoms with van der Waals surface area (Å²) in [6.07, 6.45) is 3.70. The molecule has 2 aromatic heterocycles. The van der Waals surface area contributed by atoms with Gasteiger partial charge in [-0.3, -0.25) is 4.98 Å². The number of nitrogens with zero attached hydrogens (tertiary/aromatic N) is 2. The molecule has 1 N–H and O–H groups in total. The van der Waals surface area contributed by atoms with Crippen molar-refractivity contribution in [1.82, 2.24) is 15.3 Å². The van der Waals surface area contributed by atoms with Crippen molar-refractivity contribution in [3.63, 3.8) is 0 Å². The van der Waals surface area contributed by atoms with Gasteiger partial charge in [0.1, 0.15) is 0 Å². The lowest BCUT2D eigenvalue weighted by Gasteiger charge is -2.10. The molecular weight excluding hydrogens is 266 g/mol. The topological polar surface area (TPSA) is 37.8 Å². The maximum atomic E-state index is 4.35. The second-order valence-corrected chi connectivity index (χ2v) is 5.86. The Kier molecular flexibility index (Phi) is 4.04. The number of hydrogen-bond acceptors (Lipinski definition) is 4. The lowest BCUT2D eigenvalue weighted by atomic mass is 10.1. The minimum atomic E-state index is 0.456. The van der Waals surface area contributed by atoms with Crippen LogP contribution in [-0.2, 0) is 6.54 Å². The highest BCUT2D eigenvalue weighted by Crippen LogP contribution is 2.17. The van der Waals surface area contributed by atoms with E-state index < -0.39 is 0 Å². The third-order valence-corrected chi connectivity index (χ3v) is 4.33. The fourth-order valence-corrected chi connectivity index (χ4v) is 2.93. The molecule has 0 amide bonds. The Bertz CT molecular complexity index is 679. The second kappa shape index (κ2) is 6.11. The van der Waals surface area contributed by atoms with E-state index >= 15 is 0 Å². The Morgan fingerprint density at radius 2 is 2.15 bits per heavy atom. The van der Waals surface area contributed by atoms with Crippen LogP contribution < -0.4 is 5.32 Å². The number of nitrogens with one attached hydrogen (secondary N) is 1. The molecule has 1 atom stereocenters. The number of benzene rings is 1. The van der Waals surface area contributed by atoms with Gasteiger partial charge in [0.15, 0.2) is 0 Å². The summed E-state index contributed by atoms with van der Waals surface area (Å²) in [6, 6.07) is 10.5. The van der Waals surface area contributed by atoms with Gasteiger partial charge in [-0.2, -0.15) is 0 Å². The summed E-state index contributed by atoms with van der Waals surface area (Å²) in [5.74, 6) is 0.456. The van der Waals surface area contributed by atoms with Crippen LogP contribution in [0.1, 0.15) is 23.4 Å². The largest absolute Gasteiger partial charge is 0.312 e. The summed E-state index contributed by atoms with van der Waals surface area (Å²) >= 11 is 1.72. The first-order valence-corrected chi connectivity index (χ1v) is 7.64. The molecule has 0 radical (unpaired) electrons. The van der Waals surface area contributed by atoms with Crippen molar-refractivity contribution in [2.75, 3.05) is 6.54 Å². The van der Waals surface area contributed by atoms with Crippen molar-refractivity contribution in [2.24, 2.45) is 0 Å². The standard InChI is InChI=1S/C16H17N3S/c1-12(16-19-7-8-20-16)10-17-11-13-4-5-15-14(9-13)3-2-6-18-15/h2-9,12,17H,10-11H2,1H3. The lowest BCUT2D eigenvalue weighted by Crippen LogP contribution is -2.19. The molecule has 0 aliphatic heterocycles. The monoisotopic (exact) mass is 283 g/mol. The van der Waals surface area contributed by atoms with E-state index in [4.69, 9.17) is 0 Å². The molecule has 1 unspecified atom stereocenters. The van der Waals surface area contributed by atoms with Crippen LogP contribution in [0.15, 0.2) is 48.1 Å². The van der Waals surface area contributed by atoms with Crippen molar-refractivity contribution in [3.8, 4) is 0 Å². The smallest absolute Gasteiger partial charge is 0.0965 e. The van der Waals surface area contributed by atoms with Gasteiger partial charge in [0, 0.05) is 42.2 Å². The summed E-state index contributed by atoms with van der Waals surface area (Å²) in [5.41, 5.74) is 2.34. The van der Waals surface area contributed by atoms with Crippen molar-refractivity contribution < 1.29 is 0 Å². The number of rotatable bonds is 5. The highest BCUT2D eigenvalue weighted by atomic mass is 32.1. The average molecular weight is 283 g/mol. The normalized spacial score (nSPS) is 12.7. The van der Waals surface area contributed by atoms with Gasteiger partial charge in [0.05, 0.1) is 10.5 Å². The van der Waals surface area contributed by atoms with E-state index in [1.165, 1.54) is 16.0 Å². The Balaban J connectivity index is 1.59. The van der Waals surface area contributed by atoms with Gasteiger partial charge in [-0.25, -0.2) is 4.98 Å². The molecule has 3 rings (SSSR count). The maximum Gasteiger partial charge on any atom is 0.0965 e. The van der Waals surface area contributed by atoms with Crippen LogP contribution in [0.4, 0.5) is 0 Å². The Hall–Kier alpha value is -1.78. The highest BCUT2D eigenvalue weighted by molar-refractivity contribution is 7.09. The second-order valence-electron chi connectivity index (χ2n) is 4.93. The molecule has 20 heavy (non-hydrogen) atoms. The Morgan fingerprint density at radius 3 is 3.00 bits per heavy atom. The summed E-state index contributed by atoms with van der Waals surface area (Å²) < 4.78 is 0. The minimum Gasteiger partial charge on any atom is -0.312 e. The number of hydrogen-bond donors (Lipinski definition) is 1. The summed E-state index contributed by atoms with van der Waals surface area (Å²) in [4.78, 5) is 8.69. The van der Waals surface area contributed by atoms with E-state index in [1.807, 2.05) is 23.8 Å². The van der Waals surface area contributed by atoms with Crippen LogP contribution in [0.5, 0.6) is 0 Å². The van der Waals surface area contributed by atoms with Crippen molar-refractivity contribution >= 4 is 22.2 Å². The SMILES string of the molecule is CC(CNCc1ccc2ncccc2c1)c1nccs1. The fourth-order valence-electron chi connectivity index (χ4n) is 2.23. The van der Waals surface area contributed by atoms with Gasteiger partial charge in [-0.15, -0.1) is 11.3 Å². The van der Waals surface area contributed by atoms with Crippen LogP contribution in [0, 0.1) is 0 Å². The van der Waals surface area contributed by atoms with Crippen molar-refractivity contribution in [3.05, 3.63) is 58.7 Å². The average Bonchev–Trinajstić information content (AvgIpc) is 3.01. The van der Waals surface area contributed by atoms with Crippen molar-refractivity contribution in [2.45, 2.75) is 19.4 Å². The van der Waals surface area contributed by atoms with Gasteiger partial charge in [-0.1, -0.05) is 19.1 Å². The van der Waals surface area contributed by atoms with Gasteiger partial charge in [0.2, 0.25) is 0 Å². The van der Waals surface area contributed by atoms with E-state index in [1.54, 1.807) is 11.3 Å². The van der Waals surface area contributed by atoms with Gasteiger partial charge >= 0.3 is 0 Å². The minimum absolute atomic E-state index is 0.456. The summed E-state index contributed by atoms with van der Waals surface area (Å²) in [7, 11) is 0. The van der Waals surface area contributed by atoms with E-state index in [0.717, 1.165) is 18.6 Å². The van der Waals surface area contributed by atoms with Crippen LogP contribution in [0.2, 0.25) is 0 Å². The van der Waals surface area contributed by atoms with Crippen LogP contribution in [0.25, 0.3) is 10.9 Å². The van der Waals surface area contributed by atoms with Crippen LogP contribution in [-0.4, -0.2) is 16.5 Å². The quantitative estimate of drug-likeness (QED) is 0.777. The zero-order chi connectivity index (χ0) is 13.8. The molecule has 1 aromatic carbocycles. The number of aromatic nitrogens is 2. The lowest BCUT2D eigenvalue weighted by molar-refractivity contribution is 0.613. The molecule has 3 aromatic rings. The molecule has 0 saturated heterocycles. The van der Waals surface area contributed by atoms with Gasteiger partial charge in [-0.05, 0) is 23.8 Å². The molecule has 4 heteroatoms. The Labute approximate surface area is 122 Å². The van der Waals surface area contributed by atoms with Crippen molar-refractivity contribution in [1.29, 1.82) is 0 Å². The van der Waals surface area contributed by atoms with Gasteiger partial charge in [0.25, 0.3) is 0 Å². The number of pyridine rings is 1. The van der Waals surface area contributed by atoms with E-state index in [9.17, 15) is 0 Å². The summed E-state index contributed by atoms with van der Waals surface area (Å²) in [5, 5.41) is 7.92. The molecule has 2 heterocycles. The van der Waals surface area contributed by atoms with Crippen LogP contribution >= 0.6 is 11.3 Å². The summed E-state index contributed by atoms with van der Waals surface area (Å²) in [6.45, 7) is 4.02. The molecule has 102 valence electrons. The number of fused-ring (bicyclic) bond motifs is 1. The molecule has 0 fully saturated rings. The molecule has 0 aliphatic carbocycles. The first-order valence-electron chi connectivity index (χ1n) is 6.77. The fraction of sp³-hybridized carbons (Fsp3) is 0.250. The molecule has 3 nitrogen and oxygen atoms in total. The predicted octanol–water partition coefficient (Wildman–Crippen LogP) is 3.58. The predicted molar refractivity (Wildman–Crippen MR) is 84.0 cm³/mol. The molecule has 0 spiro atoms. The molecule has 0 bridgehead atoms. The molecule has 0 saturated carbocycles. The Morgan fingerprint density at radius 1 is 1.20 bits per heavy atom. The first kappa shape index (κ1) is 13.2. The maximum absolute atomic E-state index is 4.35.